The average Bonchev–Trinajstić information content (AvgIpc) is 2.15. The van der Waals surface area contributed by atoms with Gasteiger partial charge in [-0.1, -0.05) is 0 Å². The maximum absolute atomic E-state index is 12.8. The molecule has 17 heavy (non-hydrogen) atoms. The Morgan fingerprint density at radius 2 is 1.76 bits per heavy atom. The number of benzene rings is 1. The molecule has 1 aromatic carbocycles. The third-order valence-corrected chi connectivity index (χ3v) is 3.57. The van der Waals surface area contributed by atoms with Crippen molar-refractivity contribution in [2.24, 2.45) is 5.41 Å². The first-order valence-electron chi connectivity index (χ1n) is 5.56. The lowest BCUT2D eigenvalue weighted by atomic mass is 9.73. The van der Waals surface area contributed by atoms with Gasteiger partial charge in [0.25, 0.3) is 0 Å². The van der Waals surface area contributed by atoms with Crippen LogP contribution in [-0.2, 0) is 0 Å². The minimum Gasteiger partial charge on any atom is -0.465 e. The van der Waals surface area contributed by atoms with E-state index in [1.54, 1.807) is 12.1 Å². The van der Waals surface area contributed by atoms with E-state index in [9.17, 15) is 9.18 Å². The monoisotopic (exact) mass is 236 g/mol. The van der Waals surface area contributed by atoms with Gasteiger partial charge in [-0.15, -0.1) is 0 Å². The second kappa shape index (κ2) is 3.35. The molecule has 2 aliphatic rings. The van der Waals surface area contributed by atoms with Gasteiger partial charge in [0, 0.05) is 37.3 Å². The predicted octanol–water partition coefficient (Wildman–Crippen LogP) is 1.63. The molecule has 0 atom stereocenters. The highest BCUT2D eigenvalue weighted by molar-refractivity contribution is 5.67. The van der Waals surface area contributed by atoms with E-state index in [4.69, 9.17) is 5.11 Å². The Morgan fingerprint density at radius 1 is 1.18 bits per heavy atom. The van der Waals surface area contributed by atoms with Crippen molar-refractivity contribution in [2.75, 3.05) is 31.1 Å². The second-order valence-electron chi connectivity index (χ2n) is 4.97. The van der Waals surface area contributed by atoms with Crippen molar-refractivity contribution in [1.29, 1.82) is 0 Å². The molecular formula is C12H13FN2O2. The lowest BCUT2D eigenvalue weighted by molar-refractivity contribution is -0.00942. The molecule has 0 radical (unpaired) electrons. The Morgan fingerprint density at radius 3 is 2.29 bits per heavy atom. The zero-order valence-electron chi connectivity index (χ0n) is 9.27. The van der Waals surface area contributed by atoms with Crippen molar-refractivity contribution in [3.05, 3.63) is 30.1 Å². The van der Waals surface area contributed by atoms with Crippen molar-refractivity contribution in [1.82, 2.24) is 4.90 Å². The normalized spacial score (nSPS) is 21.0. The molecule has 0 aliphatic carbocycles. The molecule has 3 rings (SSSR count). The van der Waals surface area contributed by atoms with Crippen LogP contribution in [0.2, 0.25) is 0 Å². The Kier molecular flexibility index (Phi) is 2.05. The standard InChI is InChI=1S/C12H13FN2O2/c13-9-1-3-10(4-2-9)14-5-12(6-14)7-15(8-12)11(16)17/h1-4H,5-8H2,(H,16,17). The smallest absolute Gasteiger partial charge is 0.407 e. The van der Waals surface area contributed by atoms with Gasteiger partial charge in [-0.3, -0.25) is 0 Å². The fourth-order valence-electron chi connectivity index (χ4n) is 2.70. The fourth-order valence-corrected chi connectivity index (χ4v) is 2.70. The molecule has 2 aliphatic heterocycles. The van der Waals surface area contributed by atoms with Crippen LogP contribution in [0.5, 0.6) is 0 Å². The average molecular weight is 236 g/mol. The zero-order valence-corrected chi connectivity index (χ0v) is 9.27. The van der Waals surface area contributed by atoms with Crippen molar-refractivity contribution < 1.29 is 14.3 Å². The molecule has 1 amide bonds. The molecule has 1 spiro atoms. The molecule has 0 saturated carbocycles. The molecule has 5 heteroatoms. The zero-order chi connectivity index (χ0) is 12.0. The van der Waals surface area contributed by atoms with Crippen LogP contribution in [0, 0.1) is 11.2 Å². The van der Waals surface area contributed by atoms with Crippen LogP contribution in [-0.4, -0.2) is 42.3 Å². The Balaban J connectivity index is 1.59. The summed E-state index contributed by atoms with van der Waals surface area (Å²) in [6, 6.07) is 6.42. The lowest BCUT2D eigenvalue weighted by Gasteiger charge is -2.60. The minimum atomic E-state index is -0.837. The van der Waals surface area contributed by atoms with Crippen LogP contribution in [0.3, 0.4) is 0 Å². The molecule has 1 N–H and O–H groups in total. The Labute approximate surface area is 98.3 Å². The van der Waals surface area contributed by atoms with Gasteiger partial charge in [-0.05, 0) is 24.3 Å². The number of carboxylic acid groups (broad SMARTS) is 1. The van der Waals surface area contributed by atoms with Gasteiger partial charge in [-0.2, -0.15) is 0 Å². The first-order valence-corrected chi connectivity index (χ1v) is 5.56. The van der Waals surface area contributed by atoms with Gasteiger partial charge < -0.3 is 14.9 Å². The summed E-state index contributed by atoms with van der Waals surface area (Å²) < 4.78 is 12.8. The summed E-state index contributed by atoms with van der Waals surface area (Å²) in [5.41, 5.74) is 1.15. The maximum Gasteiger partial charge on any atom is 0.407 e. The summed E-state index contributed by atoms with van der Waals surface area (Å²) in [6.07, 6.45) is -0.837. The molecule has 90 valence electrons. The quantitative estimate of drug-likeness (QED) is 0.806. The van der Waals surface area contributed by atoms with Crippen LogP contribution in [0.4, 0.5) is 14.9 Å². The molecule has 2 fully saturated rings. The number of likely N-dealkylation sites (tertiary alicyclic amines) is 1. The largest absolute Gasteiger partial charge is 0.465 e. The molecule has 0 unspecified atom stereocenters. The van der Waals surface area contributed by atoms with Gasteiger partial charge in [0.15, 0.2) is 0 Å². The summed E-state index contributed by atoms with van der Waals surface area (Å²) >= 11 is 0. The third-order valence-electron chi connectivity index (χ3n) is 3.57. The van der Waals surface area contributed by atoms with E-state index in [1.165, 1.54) is 17.0 Å². The van der Waals surface area contributed by atoms with Gasteiger partial charge in [0.1, 0.15) is 5.82 Å². The molecular weight excluding hydrogens is 223 g/mol. The van der Waals surface area contributed by atoms with E-state index in [2.05, 4.69) is 4.90 Å². The topological polar surface area (TPSA) is 43.8 Å². The number of rotatable bonds is 1. The number of halogens is 1. The van der Waals surface area contributed by atoms with Crippen LogP contribution >= 0.6 is 0 Å². The Hall–Kier alpha value is -1.78. The lowest BCUT2D eigenvalue weighted by Crippen LogP contribution is -2.73. The van der Waals surface area contributed by atoms with Crippen LogP contribution in [0.25, 0.3) is 0 Å². The SMILES string of the molecule is O=C(O)N1CC2(C1)CN(c1ccc(F)cc1)C2. The molecule has 1 aromatic rings. The predicted molar refractivity (Wildman–Crippen MR) is 60.6 cm³/mol. The molecule has 0 bridgehead atoms. The molecule has 4 nitrogen and oxygen atoms in total. The van der Waals surface area contributed by atoms with Crippen molar-refractivity contribution in [3.63, 3.8) is 0 Å². The number of anilines is 1. The van der Waals surface area contributed by atoms with Crippen molar-refractivity contribution >= 4 is 11.8 Å². The second-order valence-corrected chi connectivity index (χ2v) is 4.97. The van der Waals surface area contributed by atoms with E-state index in [0.29, 0.717) is 13.1 Å². The highest BCUT2D eigenvalue weighted by Gasteiger charge is 2.53. The van der Waals surface area contributed by atoms with E-state index < -0.39 is 6.09 Å². The van der Waals surface area contributed by atoms with E-state index >= 15 is 0 Å². The third kappa shape index (κ3) is 1.62. The maximum atomic E-state index is 12.8. The number of hydrogen-bond acceptors (Lipinski definition) is 2. The highest BCUT2D eigenvalue weighted by atomic mass is 19.1. The van der Waals surface area contributed by atoms with Gasteiger partial charge in [-0.25, -0.2) is 9.18 Å². The highest BCUT2D eigenvalue weighted by Crippen LogP contribution is 2.41. The number of amides is 1. The molecule has 2 heterocycles. The first-order chi connectivity index (χ1) is 8.08. The Bertz CT molecular complexity index is 446. The first kappa shape index (κ1) is 10.4. The van der Waals surface area contributed by atoms with Crippen LogP contribution in [0.1, 0.15) is 0 Å². The molecule has 0 aromatic heterocycles. The molecule has 2 saturated heterocycles. The number of carbonyl (C=O) groups is 1. The van der Waals surface area contributed by atoms with Crippen molar-refractivity contribution in [2.45, 2.75) is 0 Å². The van der Waals surface area contributed by atoms with Crippen LogP contribution in [0.15, 0.2) is 24.3 Å². The summed E-state index contributed by atoms with van der Waals surface area (Å²) in [7, 11) is 0. The minimum absolute atomic E-state index is 0.146. The van der Waals surface area contributed by atoms with E-state index in [0.717, 1.165) is 18.8 Å². The number of nitrogens with zero attached hydrogens (tertiary/aromatic N) is 2. The van der Waals surface area contributed by atoms with Gasteiger partial charge in [0.2, 0.25) is 0 Å². The summed E-state index contributed by atoms with van der Waals surface area (Å²) in [4.78, 5) is 14.3. The van der Waals surface area contributed by atoms with Crippen molar-refractivity contribution in [3.8, 4) is 0 Å². The summed E-state index contributed by atoms with van der Waals surface area (Å²) in [6.45, 7) is 2.98. The number of hydrogen-bond donors (Lipinski definition) is 1. The fraction of sp³-hybridized carbons (Fsp3) is 0.417. The van der Waals surface area contributed by atoms with Crippen LogP contribution < -0.4 is 4.90 Å². The van der Waals surface area contributed by atoms with Gasteiger partial charge >= 0.3 is 6.09 Å². The summed E-state index contributed by atoms with van der Waals surface area (Å²) in [5, 5.41) is 8.77. The van der Waals surface area contributed by atoms with E-state index in [-0.39, 0.29) is 11.2 Å². The van der Waals surface area contributed by atoms with Gasteiger partial charge in [0.05, 0.1) is 0 Å². The van der Waals surface area contributed by atoms with E-state index in [1.807, 2.05) is 0 Å². The summed E-state index contributed by atoms with van der Waals surface area (Å²) in [5.74, 6) is -0.232.